The summed E-state index contributed by atoms with van der Waals surface area (Å²) >= 11 is 0. The molecule has 2 amide bonds. The summed E-state index contributed by atoms with van der Waals surface area (Å²) in [6.45, 7) is 0.710. The molecule has 1 fully saturated rings. The van der Waals surface area contributed by atoms with Crippen LogP contribution < -0.4 is 10.9 Å². The van der Waals surface area contributed by atoms with Crippen LogP contribution in [0.5, 0.6) is 5.75 Å². The molecule has 40 heavy (non-hydrogen) atoms. The van der Waals surface area contributed by atoms with E-state index in [-0.39, 0.29) is 42.7 Å². The van der Waals surface area contributed by atoms with Crippen molar-refractivity contribution in [1.82, 2.24) is 19.8 Å². The number of hydrogen-bond donors (Lipinski definition) is 3. The highest BCUT2D eigenvalue weighted by atomic mass is 19.1. The molecule has 1 saturated heterocycles. The maximum Gasteiger partial charge on any atom is 0.264 e. The van der Waals surface area contributed by atoms with E-state index in [0.717, 1.165) is 17.5 Å². The van der Waals surface area contributed by atoms with Gasteiger partial charge in [0.05, 0.1) is 17.6 Å². The number of amides is 2. The van der Waals surface area contributed by atoms with Crippen molar-refractivity contribution in [1.29, 1.82) is 0 Å². The van der Waals surface area contributed by atoms with Crippen LogP contribution in [0.4, 0.5) is 4.39 Å². The Morgan fingerprint density at radius 2 is 1.77 bits per heavy atom. The first kappa shape index (κ1) is 27.0. The van der Waals surface area contributed by atoms with E-state index in [2.05, 4.69) is 5.32 Å². The van der Waals surface area contributed by atoms with Crippen LogP contribution in [0.15, 0.2) is 65.6 Å². The summed E-state index contributed by atoms with van der Waals surface area (Å²) < 4.78 is 14.9. The van der Waals surface area contributed by atoms with Gasteiger partial charge >= 0.3 is 0 Å². The van der Waals surface area contributed by atoms with Gasteiger partial charge in [-0.3, -0.25) is 19.4 Å². The summed E-state index contributed by atoms with van der Waals surface area (Å²) in [6.07, 6.45) is 3.32. The number of nitrogens with zero attached hydrogens (tertiary/aromatic N) is 3. The third kappa shape index (κ3) is 5.57. The van der Waals surface area contributed by atoms with E-state index in [1.165, 1.54) is 28.8 Å². The smallest absolute Gasteiger partial charge is 0.264 e. The standard InChI is InChI=1S/C30H29FN4O5/c31-22-7-3-19(4-8-22)16-20-17-24-28(33-18-20)26(21-5-9-23(37)10-6-21)27(29(39)32-11-15-36)30(40)35(24)14-13-34-12-1-2-25(34)38/h3-10,17-18,36-37H,1-2,11-16H2,(H,32,39). The molecular weight excluding hydrogens is 515 g/mol. The predicted molar refractivity (Wildman–Crippen MR) is 148 cm³/mol. The fourth-order valence-electron chi connectivity index (χ4n) is 5.06. The number of aliphatic hydroxyl groups is 1. The Kier molecular flexibility index (Phi) is 7.88. The van der Waals surface area contributed by atoms with Crippen molar-refractivity contribution in [2.75, 3.05) is 26.2 Å². The molecule has 0 radical (unpaired) electrons. The second-order valence-corrected chi connectivity index (χ2v) is 9.73. The predicted octanol–water partition coefficient (Wildman–Crippen LogP) is 2.84. The number of likely N-dealkylation sites (tertiary alicyclic amines) is 1. The molecule has 0 spiro atoms. The van der Waals surface area contributed by atoms with E-state index in [9.17, 15) is 29.0 Å². The lowest BCUT2D eigenvalue weighted by atomic mass is 9.97. The van der Waals surface area contributed by atoms with E-state index in [1.54, 1.807) is 35.4 Å². The second kappa shape index (κ2) is 11.7. The molecule has 10 heteroatoms. The number of carbonyl (C=O) groups is 2. The number of nitrogens with one attached hydrogen (secondary N) is 1. The van der Waals surface area contributed by atoms with Crippen molar-refractivity contribution in [2.45, 2.75) is 25.8 Å². The minimum atomic E-state index is -0.660. The average molecular weight is 545 g/mol. The summed E-state index contributed by atoms with van der Waals surface area (Å²) in [6, 6.07) is 14.1. The van der Waals surface area contributed by atoms with E-state index >= 15 is 0 Å². The SMILES string of the molecule is O=C(NCCO)c1c(-c2ccc(O)cc2)c2ncc(Cc3ccc(F)cc3)cc2n(CCN2CCCC2=O)c1=O. The molecule has 1 aliphatic heterocycles. The van der Waals surface area contributed by atoms with Crippen LogP contribution in [0.25, 0.3) is 22.2 Å². The molecule has 0 unspecified atom stereocenters. The first-order valence-corrected chi connectivity index (χ1v) is 13.1. The third-order valence-corrected chi connectivity index (χ3v) is 7.03. The van der Waals surface area contributed by atoms with Crippen molar-refractivity contribution >= 4 is 22.8 Å². The molecule has 5 rings (SSSR count). The summed E-state index contributed by atoms with van der Waals surface area (Å²) in [5.41, 5.74) is 2.63. The Morgan fingerprint density at radius 1 is 1.02 bits per heavy atom. The van der Waals surface area contributed by atoms with Crippen molar-refractivity contribution in [3.8, 4) is 16.9 Å². The first-order chi connectivity index (χ1) is 19.4. The van der Waals surface area contributed by atoms with E-state index in [4.69, 9.17) is 4.98 Å². The summed E-state index contributed by atoms with van der Waals surface area (Å²) in [7, 11) is 0. The number of halogens is 1. The van der Waals surface area contributed by atoms with Gasteiger partial charge in [0.2, 0.25) is 5.91 Å². The zero-order valence-electron chi connectivity index (χ0n) is 21.8. The van der Waals surface area contributed by atoms with Crippen LogP contribution >= 0.6 is 0 Å². The highest BCUT2D eigenvalue weighted by Gasteiger charge is 2.26. The third-order valence-electron chi connectivity index (χ3n) is 7.03. The monoisotopic (exact) mass is 544 g/mol. The number of aromatic hydroxyl groups is 1. The number of aromatic nitrogens is 2. The molecule has 2 aromatic carbocycles. The van der Waals surface area contributed by atoms with Crippen molar-refractivity contribution in [2.24, 2.45) is 0 Å². The number of benzene rings is 2. The summed E-state index contributed by atoms with van der Waals surface area (Å²) in [4.78, 5) is 46.1. The Labute approximate surface area is 229 Å². The lowest BCUT2D eigenvalue weighted by Crippen LogP contribution is -2.38. The maximum atomic E-state index is 14.1. The zero-order valence-corrected chi connectivity index (χ0v) is 21.8. The van der Waals surface area contributed by atoms with Gasteiger partial charge in [0, 0.05) is 44.4 Å². The van der Waals surface area contributed by atoms with Crippen molar-refractivity contribution in [3.05, 3.63) is 93.7 Å². The van der Waals surface area contributed by atoms with Gasteiger partial charge in [-0.1, -0.05) is 24.3 Å². The van der Waals surface area contributed by atoms with E-state index in [0.29, 0.717) is 48.1 Å². The normalized spacial score (nSPS) is 13.2. The van der Waals surface area contributed by atoms with Crippen molar-refractivity contribution < 1.29 is 24.2 Å². The minimum absolute atomic E-state index is 0.0223. The Bertz CT molecular complexity index is 1620. The van der Waals surface area contributed by atoms with Gasteiger partial charge in [-0.15, -0.1) is 0 Å². The van der Waals surface area contributed by atoms with Crippen LogP contribution in [0.2, 0.25) is 0 Å². The highest BCUT2D eigenvalue weighted by Crippen LogP contribution is 2.31. The van der Waals surface area contributed by atoms with Crippen LogP contribution in [0.1, 0.15) is 34.3 Å². The fraction of sp³-hybridized carbons (Fsp3) is 0.267. The number of aliphatic hydroxyl groups excluding tert-OH is 1. The highest BCUT2D eigenvalue weighted by molar-refractivity contribution is 6.07. The van der Waals surface area contributed by atoms with Crippen LogP contribution in [-0.2, 0) is 17.8 Å². The van der Waals surface area contributed by atoms with Gasteiger partial charge in [-0.2, -0.15) is 0 Å². The molecular formula is C30H29FN4O5. The lowest BCUT2D eigenvalue weighted by Gasteiger charge is -2.21. The topological polar surface area (TPSA) is 125 Å². The van der Waals surface area contributed by atoms with Gasteiger partial charge in [0.1, 0.15) is 17.1 Å². The molecule has 1 aliphatic rings. The van der Waals surface area contributed by atoms with Crippen LogP contribution in [0, 0.1) is 5.82 Å². The summed E-state index contributed by atoms with van der Waals surface area (Å²) in [5.74, 6) is -0.949. The van der Waals surface area contributed by atoms with Gasteiger partial charge in [-0.25, -0.2) is 4.39 Å². The first-order valence-electron chi connectivity index (χ1n) is 13.1. The number of rotatable bonds is 9. The molecule has 206 valence electrons. The fourth-order valence-corrected chi connectivity index (χ4v) is 5.06. The molecule has 3 N–H and O–H groups in total. The Balaban J connectivity index is 1.70. The Morgan fingerprint density at radius 3 is 2.45 bits per heavy atom. The largest absolute Gasteiger partial charge is 0.508 e. The van der Waals surface area contributed by atoms with E-state index in [1.807, 2.05) is 6.07 Å². The molecule has 0 aliphatic carbocycles. The minimum Gasteiger partial charge on any atom is -0.508 e. The number of hydrogen-bond acceptors (Lipinski definition) is 6. The number of phenolic OH excluding ortho intramolecular Hbond substituents is 1. The Hall–Kier alpha value is -4.57. The van der Waals surface area contributed by atoms with Gasteiger partial charge in [0.25, 0.3) is 11.5 Å². The van der Waals surface area contributed by atoms with Crippen LogP contribution in [-0.4, -0.2) is 62.7 Å². The molecule has 0 atom stereocenters. The molecule has 0 saturated carbocycles. The number of carbonyl (C=O) groups excluding carboxylic acids is 2. The van der Waals surface area contributed by atoms with Crippen molar-refractivity contribution in [3.63, 3.8) is 0 Å². The molecule has 2 aromatic heterocycles. The van der Waals surface area contributed by atoms with E-state index < -0.39 is 11.5 Å². The number of fused-ring (bicyclic) bond motifs is 1. The molecule has 3 heterocycles. The van der Waals surface area contributed by atoms with Gasteiger partial charge < -0.3 is 25.0 Å². The molecule has 9 nitrogen and oxygen atoms in total. The zero-order chi connectivity index (χ0) is 28.2. The molecule has 4 aromatic rings. The lowest BCUT2D eigenvalue weighted by molar-refractivity contribution is -0.127. The second-order valence-electron chi connectivity index (χ2n) is 9.73. The quantitative estimate of drug-likeness (QED) is 0.298. The molecule has 0 bridgehead atoms. The van der Waals surface area contributed by atoms with Gasteiger partial charge in [-0.05, 0) is 59.9 Å². The average Bonchev–Trinajstić information content (AvgIpc) is 3.37. The maximum absolute atomic E-state index is 14.1. The van der Waals surface area contributed by atoms with Crippen LogP contribution in [0.3, 0.4) is 0 Å². The number of pyridine rings is 2. The summed E-state index contributed by atoms with van der Waals surface area (Å²) in [5, 5.41) is 21.7. The number of phenols is 1. The van der Waals surface area contributed by atoms with Gasteiger partial charge in [0.15, 0.2) is 0 Å².